The number of anilines is 1. The number of aryl methyl sites for hydroxylation is 1. The minimum absolute atomic E-state index is 0.254. The summed E-state index contributed by atoms with van der Waals surface area (Å²) in [4.78, 5) is 13.7. The van der Waals surface area contributed by atoms with Gasteiger partial charge in [0.05, 0.1) is 5.69 Å². The third-order valence-corrected chi connectivity index (χ3v) is 4.11. The minimum atomic E-state index is 0.254. The van der Waals surface area contributed by atoms with Crippen molar-refractivity contribution in [2.24, 2.45) is 5.92 Å². The van der Waals surface area contributed by atoms with Crippen molar-refractivity contribution >= 4 is 22.5 Å². The van der Waals surface area contributed by atoms with E-state index in [1.807, 2.05) is 30.9 Å². The molecule has 21 heavy (non-hydrogen) atoms. The monoisotopic (exact) mass is 284 g/mol. The first-order valence-corrected chi connectivity index (χ1v) is 7.42. The molecule has 1 aromatic carbocycles. The summed E-state index contributed by atoms with van der Waals surface area (Å²) in [7, 11) is 0. The molecular formula is C16H20N4O. The molecule has 1 unspecified atom stereocenters. The molecule has 3 rings (SSSR count). The Morgan fingerprint density at radius 3 is 2.76 bits per heavy atom. The molecule has 5 nitrogen and oxygen atoms in total. The van der Waals surface area contributed by atoms with E-state index in [2.05, 4.69) is 27.6 Å². The molecule has 110 valence electrons. The summed E-state index contributed by atoms with van der Waals surface area (Å²) in [5.74, 6) is 1.40. The summed E-state index contributed by atoms with van der Waals surface area (Å²) < 4.78 is 0. The van der Waals surface area contributed by atoms with Crippen molar-refractivity contribution in [3.63, 3.8) is 0 Å². The lowest BCUT2D eigenvalue weighted by Gasteiger charge is -2.15. The van der Waals surface area contributed by atoms with Gasteiger partial charge in [-0.25, -0.2) is 0 Å². The molecule has 0 radical (unpaired) electrons. The van der Waals surface area contributed by atoms with Gasteiger partial charge < -0.3 is 10.2 Å². The number of carbonyl (C=O) groups is 1. The summed E-state index contributed by atoms with van der Waals surface area (Å²) in [5, 5.41) is 14.0. The number of nitrogens with zero attached hydrogens (tertiary/aromatic N) is 3. The Balaban J connectivity index is 1.75. The molecule has 1 amide bonds. The average molecular weight is 284 g/mol. The van der Waals surface area contributed by atoms with Crippen LogP contribution < -0.4 is 5.32 Å². The molecule has 1 aromatic heterocycles. The van der Waals surface area contributed by atoms with Gasteiger partial charge in [-0.3, -0.25) is 4.79 Å². The van der Waals surface area contributed by atoms with Gasteiger partial charge in [-0.15, -0.1) is 5.10 Å². The minimum Gasteiger partial charge on any atom is -0.368 e. The van der Waals surface area contributed by atoms with Crippen molar-refractivity contribution in [2.75, 3.05) is 25.0 Å². The van der Waals surface area contributed by atoms with E-state index < -0.39 is 0 Å². The number of fused-ring (bicyclic) bond motifs is 1. The zero-order chi connectivity index (χ0) is 14.8. The van der Waals surface area contributed by atoms with Crippen LogP contribution in [0.3, 0.4) is 0 Å². The van der Waals surface area contributed by atoms with Crippen LogP contribution in [0.4, 0.5) is 5.82 Å². The lowest BCUT2D eigenvalue weighted by Crippen LogP contribution is -2.25. The quantitative estimate of drug-likeness (QED) is 0.935. The van der Waals surface area contributed by atoms with Crippen molar-refractivity contribution in [1.82, 2.24) is 15.1 Å². The number of hydrogen-bond donors (Lipinski definition) is 1. The molecular weight excluding hydrogens is 264 g/mol. The number of hydrogen-bond acceptors (Lipinski definition) is 4. The third-order valence-electron chi connectivity index (χ3n) is 4.11. The Bertz CT molecular complexity index is 670. The Hall–Kier alpha value is -2.17. The first-order valence-electron chi connectivity index (χ1n) is 7.42. The molecule has 0 aliphatic carbocycles. The van der Waals surface area contributed by atoms with E-state index in [1.54, 1.807) is 0 Å². The fourth-order valence-corrected chi connectivity index (χ4v) is 2.91. The molecule has 0 saturated carbocycles. The number of rotatable bonds is 4. The van der Waals surface area contributed by atoms with Crippen molar-refractivity contribution in [3.05, 3.63) is 30.0 Å². The van der Waals surface area contributed by atoms with Gasteiger partial charge in [-0.05, 0) is 13.8 Å². The molecule has 5 heteroatoms. The summed E-state index contributed by atoms with van der Waals surface area (Å²) in [6, 6.07) is 8.13. The van der Waals surface area contributed by atoms with Crippen molar-refractivity contribution in [1.29, 1.82) is 0 Å². The average Bonchev–Trinajstić information content (AvgIpc) is 2.87. The van der Waals surface area contributed by atoms with E-state index in [0.717, 1.165) is 41.9 Å². The van der Waals surface area contributed by atoms with Crippen molar-refractivity contribution in [2.45, 2.75) is 20.3 Å². The number of amides is 1. The Labute approximate surface area is 124 Å². The molecule has 0 spiro atoms. The van der Waals surface area contributed by atoms with E-state index >= 15 is 0 Å². The largest absolute Gasteiger partial charge is 0.368 e. The maximum absolute atomic E-state index is 11.8. The highest BCUT2D eigenvalue weighted by atomic mass is 16.2. The smallest absolute Gasteiger partial charge is 0.222 e. The molecule has 1 fully saturated rings. The molecule has 2 aromatic rings. The summed E-state index contributed by atoms with van der Waals surface area (Å²) >= 11 is 0. The second kappa shape index (κ2) is 5.68. The van der Waals surface area contributed by atoms with E-state index in [9.17, 15) is 4.79 Å². The SMILES string of the molecule is CCN1CC(CNc2nnc(C)c3ccccc23)CC1=O. The normalized spacial score (nSPS) is 18.5. The van der Waals surface area contributed by atoms with Gasteiger partial charge >= 0.3 is 0 Å². The van der Waals surface area contributed by atoms with Gasteiger partial charge in [0.1, 0.15) is 0 Å². The van der Waals surface area contributed by atoms with Gasteiger partial charge in [0.25, 0.3) is 0 Å². The van der Waals surface area contributed by atoms with Gasteiger partial charge in [-0.1, -0.05) is 24.3 Å². The number of nitrogens with one attached hydrogen (secondary N) is 1. The predicted octanol–water partition coefficient (Wildman–Crippen LogP) is 2.22. The summed E-state index contributed by atoms with van der Waals surface area (Å²) in [6.07, 6.45) is 0.623. The Morgan fingerprint density at radius 1 is 1.29 bits per heavy atom. The van der Waals surface area contributed by atoms with Gasteiger partial charge in [0, 0.05) is 42.7 Å². The van der Waals surface area contributed by atoms with Crippen LogP contribution in [0.5, 0.6) is 0 Å². The topological polar surface area (TPSA) is 58.1 Å². The van der Waals surface area contributed by atoms with Crippen LogP contribution in [0.1, 0.15) is 19.0 Å². The van der Waals surface area contributed by atoms with Gasteiger partial charge in [-0.2, -0.15) is 5.10 Å². The number of likely N-dealkylation sites (tertiary alicyclic amines) is 1. The second-order valence-electron chi connectivity index (χ2n) is 5.56. The van der Waals surface area contributed by atoms with E-state index in [1.165, 1.54) is 0 Å². The molecule has 1 aliphatic rings. The Morgan fingerprint density at radius 2 is 2.05 bits per heavy atom. The van der Waals surface area contributed by atoms with Crippen molar-refractivity contribution < 1.29 is 4.79 Å². The molecule has 1 aliphatic heterocycles. The van der Waals surface area contributed by atoms with Gasteiger partial charge in [0.15, 0.2) is 5.82 Å². The van der Waals surface area contributed by atoms with E-state index in [0.29, 0.717) is 12.3 Å². The maximum atomic E-state index is 11.8. The molecule has 0 bridgehead atoms. The highest BCUT2D eigenvalue weighted by Crippen LogP contribution is 2.24. The van der Waals surface area contributed by atoms with Crippen LogP contribution in [0.2, 0.25) is 0 Å². The molecule has 1 atom stereocenters. The lowest BCUT2D eigenvalue weighted by molar-refractivity contribution is -0.127. The Kier molecular flexibility index (Phi) is 3.73. The summed E-state index contributed by atoms with van der Waals surface area (Å²) in [5.41, 5.74) is 0.935. The summed E-state index contributed by atoms with van der Waals surface area (Å²) in [6.45, 7) is 6.37. The predicted molar refractivity (Wildman–Crippen MR) is 83.1 cm³/mol. The zero-order valence-corrected chi connectivity index (χ0v) is 12.5. The lowest BCUT2D eigenvalue weighted by atomic mass is 10.1. The number of carbonyl (C=O) groups excluding carboxylic acids is 1. The molecule has 1 N–H and O–H groups in total. The fourth-order valence-electron chi connectivity index (χ4n) is 2.91. The standard InChI is InChI=1S/C16H20N4O/c1-3-20-10-12(8-15(20)21)9-17-16-14-7-5-4-6-13(14)11(2)18-19-16/h4-7,12H,3,8-10H2,1-2H3,(H,17,19). The van der Waals surface area contributed by atoms with Crippen LogP contribution in [0, 0.1) is 12.8 Å². The first kappa shape index (κ1) is 13.8. The number of aromatic nitrogens is 2. The first-order chi connectivity index (χ1) is 10.2. The van der Waals surface area contributed by atoms with Crippen LogP contribution in [-0.2, 0) is 4.79 Å². The third kappa shape index (κ3) is 2.68. The number of benzene rings is 1. The fraction of sp³-hybridized carbons (Fsp3) is 0.438. The molecule has 1 saturated heterocycles. The van der Waals surface area contributed by atoms with Crippen LogP contribution >= 0.6 is 0 Å². The van der Waals surface area contributed by atoms with Crippen LogP contribution in [-0.4, -0.2) is 40.6 Å². The maximum Gasteiger partial charge on any atom is 0.222 e. The second-order valence-corrected chi connectivity index (χ2v) is 5.56. The van der Waals surface area contributed by atoms with E-state index in [4.69, 9.17) is 0 Å². The van der Waals surface area contributed by atoms with Gasteiger partial charge in [0.2, 0.25) is 5.91 Å². The zero-order valence-electron chi connectivity index (χ0n) is 12.5. The van der Waals surface area contributed by atoms with Crippen LogP contribution in [0.25, 0.3) is 10.8 Å². The van der Waals surface area contributed by atoms with Crippen LogP contribution in [0.15, 0.2) is 24.3 Å². The molecule has 2 heterocycles. The highest BCUT2D eigenvalue weighted by molar-refractivity contribution is 5.92. The van der Waals surface area contributed by atoms with E-state index in [-0.39, 0.29) is 5.91 Å². The highest BCUT2D eigenvalue weighted by Gasteiger charge is 2.28. The van der Waals surface area contributed by atoms with Crippen molar-refractivity contribution in [3.8, 4) is 0 Å².